The molecule has 0 saturated heterocycles. The van der Waals surface area contributed by atoms with E-state index in [2.05, 4.69) is 96.3 Å². The van der Waals surface area contributed by atoms with Crippen LogP contribution in [-0.4, -0.2) is 27.8 Å². The van der Waals surface area contributed by atoms with Gasteiger partial charge in [-0.05, 0) is 113 Å². The molecular weight excluding hydrogens is 416 g/mol. The summed E-state index contributed by atoms with van der Waals surface area (Å²) >= 11 is 0. The Bertz CT molecular complexity index is 1260. The van der Waals surface area contributed by atoms with Crippen LogP contribution in [-0.2, 0) is 12.8 Å². The molecule has 0 saturated carbocycles. The van der Waals surface area contributed by atoms with Crippen molar-refractivity contribution in [2.75, 3.05) is 6.54 Å². The van der Waals surface area contributed by atoms with Gasteiger partial charge in [0.25, 0.3) is 0 Å². The van der Waals surface area contributed by atoms with Crippen molar-refractivity contribution in [3.63, 3.8) is 0 Å². The summed E-state index contributed by atoms with van der Waals surface area (Å²) in [6.07, 6.45) is 8.42. The molecule has 0 bridgehead atoms. The van der Waals surface area contributed by atoms with Gasteiger partial charge in [0.05, 0.1) is 17.1 Å². The van der Waals surface area contributed by atoms with Crippen LogP contribution in [0.25, 0.3) is 17.8 Å². The number of aliphatic imine (C=N–C) groups is 1. The summed E-state index contributed by atoms with van der Waals surface area (Å²) in [6, 6.07) is 0. The van der Waals surface area contributed by atoms with Gasteiger partial charge < -0.3 is 15.3 Å². The fraction of sp³-hybridized carbons (Fsp3) is 0.500. The lowest BCUT2D eigenvalue weighted by molar-refractivity contribution is 0.477. The van der Waals surface area contributed by atoms with Gasteiger partial charge in [-0.3, -0.25) is 4.99 Å². The lowest BCUT2D eigenvalue weighted by Crippen LogP contribution is -2.32. The zero-order chi connectivity index (χ0) is 25.2. The third-order valence-corrected chi connectivity index (χ3v) is 7.11. The Morgan fingerprint density at radius 2 is 1.65 bits per heavy atom. The van der Waals surface area contributed by atoms with Gasteiger partial charge in [0.15, 0.2) is 0 Å². The number of hydrogen-bond donors (Lipinski definition) is 3. The monoisotopic (exact) mass is 460 g/mol. The Balaban J connectivity index is 2.18. The summed E-state index contributed by atoms with van der Waals surface area (Å²) in [5.74, 6) is 0. The first-order valence-corrected chi connectivity index (χ1v) is 12.9. The van der Waals surface area contributed by atoms with Crippen molar-refractivity contribution in [2.24, 2.45) is 4.99 Å². The molecule has 0 spiro atoms. The maximum Gasteiger partial charge on any atom is 0.0652 e. The maximum atomic E-state index is 4.71. The van der Waals surface area contributed by atoms with Crippen molar-refractivity contribution in [3.8, 4) is 0 Å². The highest BCUT2D eigenvalue weighted by atomic mass is 15.0. The number of aromatic amines is 2. The van der Waals surface area contributed by atoms with E-state index in [4.69, 9.17) is 4.99 Å². The second-order valence-electron chi connectivity index (χ2n) is 10.2. The molecular formula is C30H44N4. The largest absolute Gasteiger partial charge is 0.378 e. The van der Waals surface area contributed by atoms with Gasteiger partial charge in [-0.1, -0.05) is 27.4 Å². The zero-order valence-corrected chi connectivity index (χ0v) is 22.8. The summed E-state index contributed by atoms with van der Waals surface area (Å²) in [6.45, 7) is 24.9. The van der Waals surface area contributed by atoms with Crippen LogP contribution in [0.1, 0.15) is 94.9 Å². The van der Waals surface area contributed by atoms with Gasteiger partial charge in [0.2, 0.25) is 0 Å². The van der Waals surface area contributed by atoms with Gasteiger partial charge in [0, 0.05) is 28.5 Å². The SMILES string of the molecule is C=C(CC)C(C=c1[nH]/c(=C\c2[nH]c(C3=C(C)CC(C)(C)N3)c(C)c2CC)c(C)c1CC)=NCC. The molecule has 4 heteroatoms. The summed E-state index contributed by atoms with van der Waals surface area (Å²) in [5.41, 5.74) is 12.7. The molecule has 0 radical (unpaired) electrons. The van der Waals surface area contributed by atoms with Gasteiger partial charge in [-0.25, -0.2) is 0 Å². The Morgan fingerprint density at radius 3 is 2.18 bits per heavy atom. The molecule has 0 atom stereocenters. The molecule has 1 aliphatic rings. The first-order valence-electron chi connectivity index (χ1n) is 12.9. The lowest BCUT2D eigenvalue weighted by atomic mass is 10.0. The molecule has 34 heavy (non-hydrogen) atoms. The van der Waals surface area contributed by atoms with Crippen LogP contribution in [0, 0.1) is 13.8 Å². The first kappa shape index (κ1) is 25.9. The van der Waals surface area contributed by atoms with Crippen LogP contribution >= 0.6 is 0 Å². The van der Waals surface area contributed by atoms with Crippen molar-refractivity contribution in [1.29, 1.82) is 0 Å². The second kappa shape index (κ2) is 10.2. The normalized spacial score (nSPS) is 17.1. The highest BCUT2D eigenvalue weighted by Crippen LogP contribution is 2.35. The van der Waals surface area contributed by atoms with Crippen LogP contribution in [0.4, 0.5) is 0 Å². The van der Waals surface area contributed by atoms with Crippen LogP contribution in [0.3, 0.4) is 0 Å². The molecule has 3 N–H and O–H groups in total. The first-order chi connectivity index (χ1) is 16.1. The minimum Gasteiger partial charge on any atom is -0.378 e. The number of H-pyrrole nitrogens is 2. The summed E-state index contributed by atoms with van der Waals surface area (Å²) < 4.78 is 0. The van der Waals surface area contributed by atoms with Crippen molar-refractivity contribution in [3.05, 3.63) is 62.1 Å². The summed E-state index contributed by atoms with van der Waals surface area (Å²) in [5, 5.41) is 6.06. The van der Waals surface area contributed by atoms with E-state index in [-0.39, 0.29) is 5.54 Å². The van der Waals surface area contributed by atoms with Crippen LogP contribution in [0.2, 0.25) is 0 Å². The minimum absolute atomic E-state index is 0.101. The molecule has 184 valence electrons. The van der Waals surface area contributed by atoms with Crippen molar-refractivity contribution < 1.29 is 0 Å². The average molecular weight is 461 g/mol. The fourth-order valence-corrected chi connectivity index (χ4v) is 5.30. The standard InChI is InChI=1S/C30H44N4/c1-11-18(5)24(31-14-4)15-26-22(12-2)20(7)25(32-26)16-27-23(13-3)21(8)29(33-27)28-19(6)17-30(9,10)34-28/h15-16,32-34H,5,11-14,17H2,1-4,6-10H3/b25-16-,26-15?,31-24?. The molecule has 0 aromatic carbocycles. The topological polar surface area (TPSA) is 56.0 Å². The average Bonchev–Trinajstić information content (AvgIpc) is 3.36. The van der Waals surface area contributed by atoms with E-state index >= 15 is 0 Å². The van der Waals surface area contributed by atoms with E-state index in [9.17, 15) is 0 Å². The smallest absolute Gasteiger partial charge is 0.0652 e. The van der Waals surface area contributed by atoms with Gasteiger partial charge in [-0.15, -0.1) is 0 Å². The summed E-state index contributed by atoms with van der Waals surface area (Å²) in [7, 11) is 0. The predicted octanol–water partition coefficient (Wildman–Crippen LogP) is 5.62. The predicted molar refractivity (Wildman–Crippen MR) is 149 cm³/mol. The van der Waals surface area contributed by atoms with Crippen molar-refractivity contribution in [2.45, 2.75) is 93.5 Å². The minimum atomic E-state index is 0.101. The highest BCUT2D eigenvalue weighted by Gasteiger charge is 2.30. The second-order valence-corrected chi connectivity index (χ2v) is 10.2. The molecule has 0 amide bonds. The van der Waals surface area contributed by atoms with Crippen molar-refractivity contribution >= 4 is 23.6 Å². The molecule has 2 aromatic heterocycles. The molecule has 0 unspecified atom stereocenters. The number of hydrogen-bond acceptors (Lipinski definition) is 2. The Kier molecular flexibility index (Phi) is 7.80. The molecule has 0 fully saturated rings. The van der Waals surface area contributed by atoms with E-state index in [1.807, 2.05) is 0 Å². The van der Waals surface area contributed by atoms with Gasteiger partial charge in [-0.2, -0.15) is 0 Å². The van der Waals surface area contributed by atoms with Crippen LogP contribution < -0.4 is 16.0 Å². The van der Waals surface area contributed by atoms with Crippen LogP contribution in [0.5, 0.6) is 0 Å². The molecule has 1 aliphatic heterocycles. The highest BCUT2D eigenvalue weighted by molar-refractivity contribution is 6.20. The Labute approximate surface area is 206 Å². The molecule has 2 aromatic rings. The number of rotatable bonds is 8. The number of nitrogens with zero attached hydrogens (tertiary/aromatic N) is 1. The summed E-state index contributed by atoms with van der Waals surface area (Å²) in [4.78, 5) is 12.2. The number of aromatic nitrogens is 2. The number of nitrogens with one attached hydrogen (secondary N) is 3. The Morgan fingerprint density at radius 1 is 0.971 bits per heavy atom. The van der Waals surface area contributed by atoms with Gasteiger partial charge in [0.1, 0.15) is 0 Å². The quantitative estimate of drug-likeness (QED) is 0.440. The molecule has 0 aliphatic carbocycles. The zero-order valence-electron chi connectivity index (χ0n) is 22.8. The van der Waals surface area contributed by atoms with Crippen molar-refractivity contribution in [1.82, 2.24) is 15.3 Å². The lowest BCUT2D eigenvalue weighted by Gasteiger charge is -2.20. The number of allylic oxidation sites excluding steroid dienone is 1. The molecule has 3 heterocycles. The molecule has 3 rings (SSSR count). The third kappa shape index (κ3) is 5.01. The van der Waals surface area contributed by atoms with Crippen LogP contribution in [0.15, 0.2) is 22.7 Å². The van der Waals surface area contributed by atoms with E-state index in [1.165, 1.54) is 44.9 Å². The van der Waals surface area contributed by atoms with E-state index in [0.29, 0.717) is 0 Å². The fourth-order valence-electron chi connectivity index (χ4n) is 5.30. The van der Waals surface area contributed by atoms with Gasteiger partial charge >= 0.3 is 0 Å². The maximum absolute atomic E-state index is 4.71. The third-order valence-electron chi connectivity index (χ3n) is 7.11. The van der Waals surface area contributed by atoms with E-state index < -0.39 is 0 Å². The Hall–Kier alpha value is -2.75. The van der Waals surface area contributed by atoms with E-state index in [1.54, 1.807) is 0 Å². The molecule has 4 nitrogen and oxygen atoms in total. The van der Waals surface area contributed by atoms with E-state index in [0.717, 1.165) is 54.2 Å².